The van der Waals surface area contributed by atoms with Gasteiger partial charge in [0.05, 0.1) is 18.5 Å². The van der Waals surface area contributed by atoms with Gasteiger partial charge in [0, 0.05) is 50.4 Å². The first-order valence-electron chi connectivity index (χ1n) is 10.1. The number of likely N-dealkylation sites (tertiary alicyclic amines) is 1. The van der Waals surface area contributed by atoms with Crippen molar-refractivity contribution in [2.75, 3.05) is 36.4 Å². The molecule has 0 radical (unpaired) electrons. The molecule has 2 N–H and O–H groups in total. The van der Waals surface area contributed by atoms with Crippen LogP contribution in [-0.2, 0) is 0 Å². The van der Waals surface area contributed by atoms with Gasteiger partial charge >= 0.3 is 0 Å². The van der Waals surface area contributed by atoms with Crippen molar-refractivity contribution in [3.8, 4) is 6.07 Å². The average molecular weight is 392 g/mol. The topological polar surface area (TPSA) is 114 Å². The second-order valence-corrected chi connectivity index (χ2v) is 7.93. The Morgan fingerprint density at radius 1 is 1.28 bits per heavy atom. The van der Waals surface area contributed by atoms with Gasteiger partial charge in [0.25, 0.3) is 5.78 Å². The minimum Gasteiger partial charge on any atom is -0.354 e. The third kappa shape index (κ3) is 3.49. The van der Waals surface area contributed by atoms with Gasteiger partial charge in [-0.15, -0.1) is 5.10 Å². The van der Waals surface area contributed by atoms with Gasteiger partial charge in [-0.2, -0.15) is 14.9 Å². The predicted octanol–water partition coefficient (Wildman–Crippen LogP) is 1.71. The largest absolute Gasteiger partial charge is 0.354 e. The second kappa shape index (κ2) is 7.33. The fourth-order valence-corrected chi connectivity index (χ4v) is 4.50. The third-order valence-corrected chi connectivity index (χ3v) is 5.86. The van der Waals surface area contributed by atoms with Crippen LogP contribution in [0.25, 0.3) is 5.78 Å². The van der Waals surface area contributed by atoms with E-state index in [1.54, 1.807) is 10.7 Å². The summed E-state index contributed by atoms with van der Waals surface area (Å²) in [6.45, 7) is 5.83. The van der Waals surface area contributed by atoms with Crippen molar-refractivity contribution in [2.45, 2.75) is 32.2 Å². The summed E-state index contributed by atoms with van der Waals surface area (Å²) in [6.07, 6.45) is 6.47. The van der Waals surface area contributed by atoms with E-state index in [0.717, 1.165) is 44.1 Å². The zero-order chi connectivity index (χ0) is 19.8. The number of aromatic amines is 1. The number of hydrogen-bond acceptors (Lipinski definition) is 8. The minimum absolute atomic E-state index is 0.475. The van der Waals surface area contributed by atoms with E-state index in [9.17, 15) is 0 Å². The quantitative estimate of drug-likeness (QED) is 0.674. The van der Waals surface area contributed by atoms with Crippen LogP contribution in [0.3, 0.4) is 0 Å². The molecule has 5 rings (SSSR count). The van der Waals surface area contributed by atoms with Crippen LogP contribution in [0.15, 0.2) is 18.5 Å². The van der Waals surface area contributed by atoms with Crippen molar-refractivity contribution in [1.82, 2.24) is 34.7 Å². The highest BCUT2D eigenvalue weighted by molar-refractivity contribution is 5.53. The van der Waals surface area contributed by atoms with E-state index in [1.165, 1.54) is 6.42 Å². The second-order valence-electron chi connectivity index (χ2n) is 7.93. The van der Waals surface area contributed by atoms with E-state index in [4.69, 9.17) is 10.4 Å². The van der Waals surface area contributed by atoms with Crippen LogP contribution in [0.1, 0.15) is 25.0 Å². The van der Waals surface area contributed by atoms with Crippen molar-refractivity contribution in [3.63, 3.8) is 0 Å². The zero-order valence-corrected chi connectivity index (χ0v) is 16.4. The van der Waals surface area contributed by atoms with Crippen molar-refractivity contribution in [1.29, 1.82) is 5.26 Å². The summed E-state index contributed by atoms with van der Waals surface area (Å²) in [6, 6.07) is 4.67. The number of aryl methyl sites for hydroxylation is 1. The molecule has 0 aromatic carbocycles. The SMILES string of the molecule is Cc1cc(Nc2cnc3ncc(N4CCC5C[C@@H](C4)N(CCC#N)C5)n3n2)n[nH]1. The standard InChI is InChI=1S/C19H24N10/c1-13-7-16(25-24-13)23-17-9-21-19-22-10-18(29(19)26-17)28-6-3-14-8-15(12-28)27(11-14)5-2-4-20/h7,9-10,14-15H,2-3,5-6,8,11-12H2,1H3,(H2,23,24,25,26)/t14?,15-/m0/s1. The number of aromatic nitrogens is 6. The molecule has 2 fully saturated rings. The molecule has 0 spiro atoms. The number of nitriles is 1. The molecule has 150 valence electrons. The highest BCUT2D eigenvalue weighted by atomic mass is 15.4. The van der Waals surface area contributed by atoms with Gasteiger partial charge < -0.3 is 10.2 Å². The van der Waals surface area contributed by atoms with Crippen molar-refractivity contribution in [2.24, 2.45) is 5.92 Å². The Balaban J connectivity index is 1.39. The Morgan fingerprint density at radius 2 is 2.17 bits per heavy atom. The Hall–Kier alpha value is -3.19. The van der Waals surface area contributed by atoms with Crippen LogP contribution in [0.5, 0.6) is 0 Å². The third-order valence-electron chi connectivity index (χ3n) is 5.86. The van der Waals surface area contributed by atoms with E-state index < -0.39 is 0 Å². The minimum atomic E-state index is 0.475. The van der Waals surface area contributed by atoms with Crippen molar-refractivity contribution >= 4 is 23.2 Å². The van der Waals surface area contributed by atoms with Gasteiger partial charge in [0.2, 0.25) is 0 Å². The summed E-state index contributed by atoms with van der Waals surface area (Å²) in [7, 11) is 0. The van der Waals surface area contributed by atoms with Crippen LogP contribution in [0.2, 0.25) is 0 Å². The summed E-state index contributed by atoms with van der Waals surface area (Å²) in [5.74, 6) is 3.57. The van der Waals surface area contributed by atoms with E-state index >= 15 is 0 Å². The fraction of sp³-hybridized carbons (Fsp3) is 0.526. The van der Waals surface area contributed by atoms with E-state index in [-0.39, 0.29) is 0 Å². The number of fused-ring (bicyclic) bond motifs is 3. The van der Waals surface area contributed by atoms with Crippen LogP contribution in [0.4, 0.5) is 17.5 Å². The molecule has 3 aromatic heterocycles. The number of H-pyrrole nitrogens is 1. The van der Waals surface area contributed by atoms with Crippen LogP contribution >= 0.6 is 0 Å². The molecule has 1 unspecified atom stereocenters. The van der Waals surface area contributed by atoms with E-state index in [2.05, 4.69) is 41.4 Å². The molecule has 10 heteroatoms. The van der Waals surface area contributed by atoms with Crippen molar-refractivity contribution < 1.29 is 0 Å². The maximum Gasteiger partial charge on any atom is 0.252 e. The first-order chi connectivity index (χ1) is 14.2. The molecule has 0 aliphatic carbocycles. The molecule has 0 saturated carbocycles. The molecule has 3 aromatic rings. The zero-order valence-electron chi connectivity index (χ0n) is 16.4. The summed E-state index contributed by atoms with van der Waals surface area (Å²) in [5, 5.41) is 23.9. The first-order valence-corrected chi connectivity index (χ1v) is 10.1. The number of anilines is 3. The molecule has 29 heavy (non-hydrogen) atoms. The van der Waals surface area contributed by atoms with Crippen LogP contribution < -0.4 is 10.2 Å². The maximum atomic E-state index is 8.95. The maximum absolute atomic E-state index is 8.95. The summed E-state index contributed by atoms with van der Waals surface area (Å²) < 4.78 is 1.81. The Labute approximate surface area is 168 Å². The number of nitrogens with one attached hydrogen (secondary N) is 2. The smallest absolute Gasteiger partial charge is 0.252 e. The Bertz CT molecular complexity index is 1050. The molecule has 10 nitrogen and oxygen atoms in total. The normalized spacial score (nSPS) is 22.0. The monoisotopic (exact) mass is 392 g/mol. The lowest BCUT2D eigenvalue weighted by atomic mass is 10.0. The first kappa shape index (κ1) is 17.9. The number of imidazole rings is 1. The highest BCUT2D eigenvalue weighted by Crippen LogP contribution is 2.32. The van der Waals surface area contributed by atoms with Gasteiger partial charge in [-0.3, -0.25) is 10.00 Å². The predicted molar refractivity (Wildman–Crippen MR) is 108 cm³/mol. The number of rotatable bonds is 5. The van der Waals surface area contributed by atoms with Crippen molar-refractivity contribution in [3.05, 3.63) is 24.2 Å². The summed E-state index contributed by atoms with van der Waals surface area (Å²) in [5.41, 5.74) is 0.977. The van der Waals surface area contributed by atoms with Gasteiger partial charge in [-0.05, 0) is 25.7 Å². The summed E-state index contributed by atoms with van der Waals surface area (Å²) >= 11 is 0. The number of hydrogen-bond donors (Lipinski definition) is 2. The van der Waals surface area contributed by atoms with Gasteiger partial charge in [-0.1, -0.05) is 0 Å². The van der Waals surface area contributed by atoms with Gasteiger partial charge in [0.15, 0.2) is 17.5 Å². The lowest BCUT2D eigenvalue weighted by Gasteiger charge is -2.31. The highest BCUT2D eigenvalue weighted by Gasteiger charge is 2.36. The molecular formula is C19H24N10. The lowest BCUT2D eigenvalue weighted by Crippen LogP contribution is -2.42. The van der Waals surface area contributed by atoms with Gasteiger partial charge in [-0.25, -0.2) is 9.97 Å². The Morgan fingerprint density at radius 3 is 3.00 bits per heavy atom. The van der Waals surface area contributed by atoms with Crippen LogP contribution in [-0.4, -0.2) is 66.9 Å². The molecule has 0 amide bonds. The lowest BCUT2D eigenvalue weighted by molar-refractivity contribution is 0.250. The van der Waals surface area contributed by atoms with Crippen LogP contribution in [0, 0.1) is 24.2 Å². The molecule has 2 atom stereocenters. The van der Waals surface area contributed by atoms with Gasteiger partial charge in [0.1, 0.15) is 0 Å². The molecule has 2 aliphatic heterocycles. The molecule has 5 heterocycles. The fourth-order valence-electron chi connectivity index (χ4n) is 4.50. The van der Waals surface area contributed by atoms with E-state index in [0.29, 0.717) is 35.8 Å². The Kier molecular flexibility index (Phi) is 4.52. The molecule has 2 aliphatic rings. The molecule has 2 saturated heterocycles. The number of nitrogens with zero attached hydrogens (tertiary/aromatic N) is 8. The molecule has 2 bridgehead atoms. The van der Waals surface area contributed by atoms with E-state index in [1.807, 2.05) is 19.2 Å². The average Bonchev–Trinajstić information content (AvgIpc) is 3.37. The summed E-state index contributed by atoms with van der Waals surface area (Å²) in [4.78, 5) is 13.7. The molecular weight excluding hydrogens is 368 g/mol.